The quantitative estimate of drug-likeness (QED) is 0.433. The number of hydrogen-bond acceptors (Lipinski definition) is 7. The highest BCUT2D eigenvalue weighted by atomic mass is 16.5. The van der Waals surface area contributed by atoms with Crippen LogP contribution in [0, 0.1) is 0 Å². The number of esters is 1. The number of benzene rings is 2. The number of nitrogens with one attached hydrogen (secondary N) is 1. The van der Waals surface area contributed by atoms with Gasteiger partial charge in [-0.2, -0.15) is 5.10 Å². The van der Waals surface area contributed by atoms with E-state index in [1.165, 1.54) is 4.68 Å². The second-order valence-corrected chi connectivity index (χ2v) is 7.01. The fourth-order valence-electron chi connectivity index (χ4n) is 3.47. The molecule has 4 rings (SSSR count). The molecule has 2 heterocycles. The summed E-state index contributed by atoms with van der Waals surface area (Å²) in [5, 5.41) is 8.47. The third kappa shape index (κ3) is 4.08. The first kappa shape index (κ1) is 21.2. The number of carbonyl (C=O) groups is 1. The number of anilines is 2. The van der Waals surface area contributed by atoms with E-state index in [1.807, 2.05) is 67.6 Å². The van der Waals surface area contributed by atoms with E-state index in [2.05, 4.69) is 15.4 Å². The Morgan fingerprint density at radius 2 is 1.91 bits per heavy atom. The topological polar surface area (TPSA) is 112 Å². The van der Waals surface area contributed by atoms with Crippen LogP contribution in [0.15, 0.2) is 71.7 Å². The van der Waals surface area contributed by atoms with Gasteiger partial charge in [0.05, 0.1) is 5.52 Å². The molecule has 162 valence electrons. The standard InChI is InChI=1S/C24H23N5O3/c1-2-29-23(30)22(27-19-12-6-11-18-17(19)10-7-14-26-18)20(24(31)32-15-13-25)21(28-29)16-8-4-3-5-9-16/h3-12,14,27H,2,13,15,25H2,1H3. The fourth-order valence-corrected chi connectivity index (χ4v) is 3.47. The van der Waals surface area contributed by atoms with Crippen molar-refractivity contribution in [1.82, 2.24) is 14.8 Å². The smallest absolute Gasteiger partial charge is 0.342 e. The van der Waals surface area contributed by atoms with Gasteiger partial charge >= 0.3 is 5.97 Å². The molecule has 8 nitrogen and oxygen atoms in total. The van der Waals surface area contributed by atoms with Crippen molar-refractivity contribution in [2.24, 2.45) is 5.73 Å². The van der Waals surface area contributed by atoms with E-state index in [9.17, 15) is 9.59 Å². The molecule has 0 fully saturated rings. The minimum Gasteiger partial charge on any atom is -0.461 e. The van der Waals surface area contributed by atoms with Gasteiger partial charge in [-0.25, -0.2) is 9.48 Å². The summed E-state index contributed by atoms with van der Waals surface area (Å²) in [7, 11) is 0. The van der Waals surface area contributed by atoms with Crippen LogP contribution in [0.2, 0.25) is 0 Å². The molecule has 4 aromatic rings. The molecule has 0 amide bonds. The molecule has 2 aromatic carbocycles. The third-order valence-electron chi connectivity index (χ3n) is 4.96. The van der Waals surface area contributed by atoms with Crippen molar-refractivity contribution in [2.45, 2.75) is 13.5 Å². The van der Waals surface area contributed by atoms with Gasteiger partial charge in [-0.1, -0.05) is 36.4 Å². The number of aryl methyl sites for hydroxylation is 1. The summed E-state index contributed by atoms with van der Waals surface area (Å²) in [4.78, 5) is 30.8. The van der Waals surface area contributed by atoms with Gasteiger partial charge in [0.15, 0.2) is 0 Å². The molecule has 0 saturated carbocycles. The van der Waals surface area contributed by atoms with Crippen LogP contribution in [0.1, 0.15) is 17.3 Å². The highest BCUT2D eigenvalue weighted by Crippen LogP contribution is 2.30. The average Bonchev–Trinajstić information content (AvgIpc) is 2.84. The Morgan fingerprint density at radius 3 is 2.66 bits per heavy atom. The lowest BCUT2D eigenvalue weighted by Crippen LogP contribution is -2.29. The van der Waals surface area contributed by atoms with Gasteiger partial charge in [-0.05, 0) is 31.2 Å². The molecule has 0 aliphatic rings. The molecule has 8 heteroatoms. The highest BCUT2D eigenvalue weighted by molar-refractivity contribution is 6.03. The van der Waals surface area contributed by atoms with E-state index in [4.69, 9.17) is 10.5 Å². The molecule has 32 heavy (non-hydrogen) atoms. The number of nitrogens with two attached hydrogens (primary N) is 1. The van der Waals surface area contributed by atoms with Gasteiger partial charge in [-0.15, -0.1) is 0 Å². The van der Waals surface area contributed by atoms with Gasteiger partial charge in [0.2, 0.25) is 0 Å². The zero-order chi connectivity index (χ0) is 22.5. The molecule has 0 unspecified atom stereocenters. The molecule has 0 spiro atoms. The minimum absolute atomic E-state index is 0.0293. The van der Waals surface area contributed by atoms with E-state index in [0.29, 0.717) is 23.5 Å². The second-order valence-electron chi connectivity index (χ2n) is 7.01. The lowest BCUT2D eigenvalue weighted by molar-refractivity contribution is 0.0518. The number of fused-ring (bicyclic) bond motifs is 1. The first-order valence-electron chi connectivity index (χ1n) is 10.3. The summed E-state index contributed by atoms with van der Waals surface area (Å²) in [5.41, 5.74) is 7.72. The molecule has 0 aliphatic carbocycles. The molecular formula is C24H23N5O3. The first-order chi connectivity index (χ1) is 15.6. The first-order valence-corrected chi connectivity index (χ1v) is 10.3. The Balaban J connectivity index is 1.97. The van der Waals surface area contributed by atoms with Crippen LogP contribution in [0.5, 0.6) is 0 Å². The average molecular weight is 429 g/mol. The summed E-state index contributed by atoms with van der Waals surface area (Å²) >= 11 is 0. The number of ether oxygens (including phenoxy) is 1. The number of carbonyl (C=O) groups excluding carboxylic acids is 1. The number of hydrogen-bond donors (Lipinski definition) is 2. The molecule has 0 radical (unpaired) electrons. The normalized spacial score (nSPS) is 10.8. The van der Waals surface area contributed by atoms with Gasteiger partial charge in [0, 0.05) is 35.9 Å². The van der Waals surface area contributed by atoms with E-state index < -0.39 is 11.5 Å². The van der Waals surface area contributed by atoms with Crippen LogP contribution >= 0.6 is 0 Å². The molecule has 0 aliphatic heterocycles. The Hall–Kier alpha value is -4.04. The van der Waals surface area contributed by atoms with Crippen molar-refractivity contribution in [3.63, 3.8) is 0 Å². The predicted octanol–water partition coefficient (Wildman–Crippen LogP) is 3.34. The van der Waals surface area contributed by atoms with E-state index in [0.717, 1.165) is 10.9 Å². The van der Waals surface area contributed by atoms with Crippen LogP contribution in [-0.2, 0) is 11.3 Å². The third-order valence-corrected chi connectivity index (χ3v) is 4.96. The SMILES string of the molecule is CCn1nc(-c2ccccc2)c(C(=O)OCCN)c(Nc2cccc3ncccc23)c1=O. The zero-order valence-electron chi connectivity index (χ0n) is 17.6. The Bertz CT molecular complexity index is 1310. The molecule has 0 saturated heterocycles. The van der Waals surface area contributed by atoms with Gasteiger partial charge in [0.25, 0.3) is 5.56 Å². The van der Waals surface area contributed by atoms with Crippen molar-refractivity contribution in [3.8, 4) is 11.3 Å². The Kier molecular flexibility index (Phi) is 6.23. The van der Waals surface area contributed by atoms with Crippen molar-refractivity contribution >= 4 is 28.2 Å². The number of nitrogens with zero attached hydrogens (tertiary/aromatic N) is 3. The minimum atomic E-state index is -0.664. The number of rotatable bonds is 7. The summed E-state index contributed by atoms with van der Waals surface area (Å²) in [6.07, 6.45) is 1.70. The summed E-state index contributed by atoms with van der Waals surface area (Å²) < 4.78 is 6.66. The van der Waals surface area contributed by atoms with Crippen LogP contribution in [0.25, 0.3) is 22.2 Å². The van der Waals surface area contributed by atoms with Crippen molar-refractivity contribution in [2.75, 3.05) is 18.5 Å². The maximum Gasteiger partial charge on any atom is 0.342 e. The molecule has 2 aromatic heterocycles. The molecule has 0 atom stereocenters. The van der Waals surface area contributed by atoms with Crippen LogP contribution in [0.4, 0.5) is 11.4 Å². The predicted molar refractivity (Wildman–Crippen MR) is 124 cm³/mol. The lowest BCUT2D eigenvalue weighted by atomic mass is 10.0. The van der Waals surface area contributed by atoms with Gasteiger partial charge in [-0.3, -0.25) is 9.78 Å². The number of aromatic nitrogens is 3. The van der Waals surface area contributed by atoms with Crippen molar-refractivity contribution in [3.05, 3.63) is 82.8 Å². The van der Waals surface area contributed by atoms with E-state index >= 15 is 0 Å². The molecule has 0 bridgehead atoms. The fraction of sp³-hybridized carbons (Fsp3) is 0.167. The largest absolute Gasteiger partial charge is 0.461 e. The van der Waals surface area contributed by atoms with Crippen LogP contribution < -0.4 is 16.6 Å². The van der Waals surface area contributed by atoms with Gasteiger partial charge in [0.1, 0.15) is 23.6 Å². The maximum absolute atomic E-state index is 13.3. The van der Waals surface area contributed by atoms with Gasteiger partial charge < -0.3 is 15.8 Å². The lowest BCUT2D eigenvalue weighted by Gasteiger charge is -2.17. The zero-order valence-corrected chi connectivity index (χ0v) is 17.6. The molecular weight excluding hydrogens is 406 g/mol. The van der Waals surface area contributed by atoms with Crippen LogP contribution in [-0.4, -0.2) is 33.9 Å². The summed E-state index contributed by atoms with van der Waals surface area (Å²) in [6, 6.07) is 18.5. The Morgan fingerprint density at radius 1 is 1.09 bits per heavy atom. The van der Waals surface area contributed by atoms with Crippen molar-refractivity contribution < 1.29 is 9.53 Å². The Labute approximate surface area is 184 Å². The highest BCUT2D eigenvalue weighted by Gasteiger charge is 2.26. The monoisotopic (exact) mass is 429 g/mol. The van der Waals surface area contributed by atoms with E-state index in [1.54, 1.807) is 6.20 Å². The summed E-state index contributed by atoms with van der Waals surface area (Å²) in [5.74, 6) is -0.664. The summed E-state index contributed by atoms with van der Waals surface area (Å²) in [6.45, 7) is 2.36. The number of pyridine rings is 1. The second kappa shape index (κ2) is 9.40. The van der Waals surface area contributed by atoms with E-state index in [-0.39, 0.29) is 24.4 Å². The maximum atomic E-state index is 13.3. The van der Waals surface area contributed by atoms with Crippen molar-refractivity contribution in [1.29, 1.82) is 0 Å². The molecule has 3 N–H and O–H groups in total. The van der Waals surface area contributed by atoms with Crippen LogP contribution in [0.3, 0.4) is 0 Å².